The third-order valence-corrected chi connectivity index (χ3v) is 5.93. The molecule has 18 heavy (non-hydrogen) atoms. The topological polar surface area (TPSA) is 12.0 Å². The van der Waals surface area contributed by atoms with Crippen molar-refractivity contribution < 1.29 is 0 Å². The first-order chi connectivity index (χ1) is 8.75. The summed E-state index contributed by atoms with van der Waals surface area (Å²) in [5.41, 5.74) is 0.520. The summed E-state index contributed by atoms with van der Waals surface area (Å²) >= 11 is 2.02. The smallest absolute Gasteiger partial charge is 0.0471 e. The molecule has 2 heteroatoms. The highest BCUT2D eigenvalue weighted by Gasteiger charge is 2.40. The van der Waals surface area contributed by atoms with Crippen LogP contribution in [0.1, 0.15) is 68.7 Å². The fourth-order valence-corrected chi connectivity index (χ4v) is 4.66. The molecule has 0 bridgehead atoms. The van der Waals surface area contributed by atoms with Crippen LogP contribution in [-0.2, 0) is 6.42 Å². The molecule has 0 saturated heterocycles. The van der Waals surface area contributed by atoms with Crippen LogP contribution in [0.4, 0.5) is 0 Å². The van der Waals surface area contributed by atoms with Crippen molar-refractivity contribution in [3.05, 3.63) is 21.9 Å². The molecule has 102 valence electrons. The first kappa shape index (κ1) is 14.1. The molecule has 0 aliphatic heterocycles. The molecule has 1 heterocycles. The zero-order chi connectivity index (χ0) is 13.0. The molecule has 0 spiro atoms. The van der Waals surface area contributed by atoms with Crippen LogP contribution >= 0.6 is 11.3 Å². The predicted molar refractivity (Wildman–Crippen MR) is 81.3 cm³/mol. The molecule has 1 nitrogen and oxygen atoms in total. The minimum Gasteiger partial charge on any atom is -0.309 e. The lowest BCUT2D eigenvalue weighted by molar-refractivity contribution is 0.192. The molecule has 1 fully saturated rings. The van der Waals surface area contributed by atoms with Crippen LogP contribution in [-0.4, -0.2) is 6.54 Å². The van der Waals surface area contributed by atoms with Crippen molar-refractivity contribution in [3.8, 4) is 0 Å². The van der Waals surface area contributed by atoms with E-state index in [-0.39, 0.29) is 0 Å². The average Bonchev–Trinajstić information content (AvgIpc) is 3.05. The molecular weight excluding hydrogens is 238 g/mol. The maximum atomic E-state index is 3.78. The number of thiophene rings is 1. The molecule has 1 N–H and O–H groups in total. The number of aryl methyl sites for hydroxylation is 1. The van der Waals surface area contributed by atoms with E-state index >= 15 is 0 Å². The highest BCUT2D eigenvalue weighted by atomic mass is 32.1. The van der Waals surface area contributed by atoms with E-state index in [0.717, 1.165) is 6.54 Å². The average molecular weight is 265 g/mol. The highest BCUT2D eigenvalue weighted by Crippen LogP contribution is 2.51. The minimum absolute atomic E-state index is 0.520. The Balaban J connectivity index is 2.26. The summed E-state index contributed by atoms with van der Waals surface area (Å²) in [5, 5.41) is 3.78. The van der Waals surface area contributed by atoms with E-state index in [2.05, 4.69) is 38.2 Å². The minimum atomic E-state index is 0.520. The van der Waals surface area contributed by atoms with Crippen molar-refractivity contribution in [1.29, 1.82) is 0 Å². The molecule has 1 aliphatic carbocycles. The molecule has 0 aromatic carbocycles. The van der Waals surface area contributed by atoms with Crippen molar-refractivity contribution in [3.63, 3.8) is 0 Å². The summed E-state index contributed by atoms with van der Waals surface area (Å²) in [6.07, 6.45) is 8.12. The van der Waals surface area contributed by atoms with Gasteiger partial charge in [0.05, 0.1) is 0 Å². The first-order valence-corrected chi connectivity index (χ1v) is 8.39. The predicted octanol–water partition coefficient (Wildman–Crippen LogP) is 4.93. The van der Waals surface area contributed by atoms with Crippen molar-refractivity contribution >= 4 is 11.3 Å². The Morgan fingerprint density at radius 1 is 1.22 bits per heavy atom. The van der Waals surface area contributed by atoms with Crippen LogP contribution in [0.2, 0.25) is 0 Å². The second-order valence-electron chi connectivity index (χ2n) is 5.57. The Morgan fingerprint density at radius 3 is 2.44 bits per heavy atom. The summed E-state index contributed by atoms with van der Waals surface area (Å²) in [7, 11) is 0. The molecule has 0 amide bonds. The Labute approximate surface area is 116 Å². The Hall–Kier alpha value is -0.340. The summed E-state index contributed by atoms with van der Waals surface area (Å²) in [5.74, 6) is 0. The van der Waals surface area contributed by atoms with Crippen LogP contribution < -0.4 is 5.32 Å². The number of hydrogen-bond donors (Lipinski definition) is 1. The van der Waals surface area contributed by atoms with Gasteiger partial charge in [0.1, 0.15) is 0 Å². The van der Waals surface area contributed by atoms with E-state index in [1.807, 2.05) is 11.3 Å². The second kappa shape index (κ2) is 6.21. The Bertz CT molecular complexity index is 363. The van der Waals surface area contributed by atoms with Gasteiger partial charge in [0.15, 0.2) is 0 Å². The lowest BCUT2D eigenvalue weighted by Crippen LogP contribution is -2.35. The maximum Gasteiger partial charge on any atom is 0.0471 e. The van der Waals surface area contributed by atoms with E-state index < -0.39 is 0 Å². The molecule has 1 saturated carbocycles. The van der Waals surface area contributed by atoms with E-state index in [4.69, 9.17) is 0 Å². The summed E-state index contributed by atoms with van der Waals surface area (Å²) in [6.45, 7) is 7.94. The largest absolute Gasteiger partial charge is 0.309 e. The fraction of sp³-hybridized carbons (Fsp3) is 0.750. The molecule has 1 unspecified atom stereocenters. The summed E-state index contributed by atoms with van der Waals surface area (Å²) in [4.78, 5) is 3.09. The van der Waals surface area contributed by atoms with Gasteiger partial charge >= 0.3 is 0 Å². The quantitative estimate of drug-likeness (QED) is 0.769. The fourth-order valence-electron chi connectivity index (χ4n) is 3.49. The van der Waals surface area contributed by atoms with Crippen LogP contribution in [0.5, 0.6) is 0 Å². The molecular formula is C16H27NS. The van der Waals surface area contributed by atoms with Crippen LogP contribution in [0, 0.1) is 5.41 Å². The summed E-state index contributed by atoms with van der Waals surface area (Å²) in [6, 6.07) is 5.27. The molecule has 1 atom stereocenters. The van der Waals surface area contributed by atoms with Crippen LogP contribution in [0.15, 0.2) is 12.1 Å². The lowest BCUT2D eigenvalue weighted by Gasteiger charge is -2.37. The lowest BCUT2D eigenvalue weighted by atomic mass is 9.75. The van der Waals surface area contributed by atoms with Crippen molar-refractivity contribution in [2.24, 2.45) is 5.41 Å². The maximum absolute atomic E-state index is 3.78. The third-order valence-electron chi connectivity index (χ3n) is 4.64. The third kappa shape index (κ3) is 2.65. The zero-order valence-electron chi connectivity index (χ0n) is 12.1. The van der Waals surface area contributed by atoms with Gasteiger partial charge in [0.2, 0.25) is 0 Å². The van der Waals surface area contributed by atoms with Gasteiger partial charge in [-0.15, -0.1) is 11.3 Å². The molecule has 1 aliphatic rings. The molecule has 2 rings (SSSR count). The van der Waals surface area contributed by atoms with Gasteiger partial charge in [-0.1, -0.05) is 33.6 Å². The SMILES string of the molecule is CCNC(c1ccc(CC)s1)C1(CC)CCCC1. The normalized spacial score (nSPS) is 20.2. The number of hydrogen-bond acceptors (Lipinski definition) is 2. The molecule has 0 radical (unpaired) electrons. The molecule has 1 aromatic heterocycles. The van der Waals surface area contributed by atoms with Crippen LogP contribution in [0.25, 0.3) is 0 Å². The second-order valence-corrected chi connectivity index (χ2v) is 6.77. The van der Waals surface area contributed by atoms with Crippen molar-refractivity contribution in [2.45, 2.75) is 65.3 Å². The van der Waals surface area contributed by atoms with E-state index in [0.29, 0.717) is 11.5 Å². The van der Waals surface area contributed by atoms with Gasteiger partial charge in [-0.25, -0.2) is 0 Å². The Kier molecular flexibility index (Phi) is 4.85. The van der Waals surface area contributed by atoms with E-state index in [1.165, 1.54) is 43.4 Å². The van der Waals surface area contributed by atoms with Gasteiger partial charge < -0.3 is 5.32 Å². The summed E-state index contributed by atoms with van der Waals surface area (Å²) < 4.78 is 0. The van der Waals surface area contributed by atoms with Crippen molar-refractivity contribution in [2.75, 3.05) is 6.54 Å². The van der Waals surface area contributed by atoms with Gasteiger partial charge in [-0.2, -0.15) is 0 Å². The monoisotopic (exact) mass is 265 g/mol. The standard InChI is InChI=1S/C16H27NS/c1-4-13-9-10-14(18-13)15(17-6-3)16(5-2)11-7-8-12-16/h9-10,15,17H,4-8,11-12H2,1-3H3. The van der Waals surface area contributed by atoms with Crippen molar-refractivity contribution in [1.82, 2.24) is 5.32 Å². The van der Waals surface area contributed by atoms with Gasteiger partial charge in [0.25, 0.3) is 0 Å². The van der Waals surface area contributed by atoms with Gasteiger partial charge in [-0.3, -0.25) is 0 Å². The van der Waals surface area contributed by atoms with Crippen LogP contribution in [0.3, 0.4) is 0 Å². The highest BCUT2D eigenvalue weighted by molar-refractivity contribution is 7.12. The van der Waals surface area contributed by atoms with E-state index in [1.54, 1.807) is 4.88 Å². The first-order valence-electron chi connectivity index (χ1n) is 7.57. The van der Waals surface area contributed by atoms with E-state index in [9.17, 15) is 0 Å². The number of rotatable bonds is 6. The Morgan fingerprint density at radius 2 is 1.94 bits per heavy atom. The van der Waals surface area contributed by atoms with Gasteiger partial charge in [0, 0.05) is 15.8 Å². The molecule has 1 aromatic rings. The number of nitrogens with one attached hydrogen (secondary N) is 1. The zero-order valence-corrected chi connectivity index (χ0v) is 12.9. The van der Waals surface area contributed by atoms with Gasteiger partial charge in [-0.05, 0) is 49.8 Å².